The lowest BCUT2D eigenvalue weighted by Gasteiger charge is -2.19. The third kappa shape index (κ3) is 2.63. The summed E-state index contributed by atoms with van der Waals surface area (Å²) >= 11 is 0. The molecular formula is C13H16N2O. The van der Waals surface area contributed by atoms with Crippen LogP contribution in [-0.4, -0.2) is 5.78 Å². The van der Waals surface area contributed by atoms with Crippen molar-refractivity contribution in [3.05, 3.63) is 36.0 Å². The quantitative estimate of drug-likeness (QED) is 0.747. The van der Waals surface area contributed by atoms with Gasteiger partial charge < -0.3 is 11.1 Å². The number of rotatable bonds is 2. The van der Waals surface area contributed by atoms with Crippen LogP contribution in [-0.2, 0) is 4.79 Å². The molecule has 0 fully saturated rings. The van der Waals surface area contributed by atoms with Crippen LogP contribution in [0.1, 0.15) is 19.8 Å². The van der Waals surface area contributed by atoms with Crippen LogP contribution in [0.15, 0.2) is 36.0 Å². The maximum Gasteiger partial charge on any atom is 0.157 e. The monoisotopic (exact) mass is 216 g/mol. The van der Waals surface area contributed by atoms with Crippen molar-refractivity contribution in [2.24, 2.45) is 5.92 Å². The van der Waals surface area contributed by atoms with E-state index in [4.69, 9.17) is 5.73 Å². The molecule has 1 aromatic carbocycles. The van der Waals surface area contributed by atoms with Crippen LogP contribution >= 0.6 is 0 Å². The van der Waals surface area contributed by atoms with Gasteiger partial charge in [-0.1, -0.05) is 6.92 Å². The first-order valence-corrected chi connectivity index (χ1v) is 5.49. The topological polar surface area (TPSA) is 55.1 Å². The highest BCUT2D eigenvalue weighted by molar-refractivity contribution is 5.91. The van der Waals surface area contributed by atoms with Gasteiger partial charge in [0.15, 0.2) is 5.78 Å². The van der Waals surface area contributed by atoms with Crippen molar-refractivity contribution >= 4 is 17.2 Å². The molecule has 0 aromatic heterocycles. The number of anilines is 2. The summed E-state index contributed by atoms with van der Waals surface area (Å²) in [4.78, 5) is 11.4. The Morgan fingerprint density at radius 3 is 2.56 bits per heavy atom. The van der Waals surface area contributed by atoms with E-state index in [1.54, 1.807) is 6.08 Å². The van der Waals surface area contributed by atoms with Gasteiger partial charge in [-0.15, -0.1) is 0 Å². The number of nitrogens with two attached hydrogens (primary N) is 1. The zero-order valence-electron chi connectivity index (χ0n) is 9.36. The molecule has 3 N–H and O–H groups in total. The molecule has 0 spiro atoms. The van der Waals surface area contributed by atoms with Crippen molar-refractivity contribution in [1.82, 2.24) is 0 Å². The number of ketones is 1. The number of carbonyl (C=O) groups is 1. The molecule has 1 aliphatic carbocycles. The summed E-state index contributed by atoms with van der Waals surface area (Å²) in [5, 5.41) is 3.25. The summed E-state index contributed by atoms with van der Waals surface area (Å²) < 4.78 is 0. The highest BCUT2D eigenvalue weighted by atomic mass is 16.1. The molecule has 0 bridgehead atoms. The van der Waals surface area contributed by atoms with Crippen molar-refractivity contribution in [1.29, 1.82) is 0 Å². The largest absolute Gasteiger partial charge is 0.399 e. The molecule has 3 heteroatoms. The Balaban J connectivity index is 2.09. The number of nitrogen functional groups attached to an aromatic ring is 1. The third-order valence-corrected chi connectivity index (χ3v) is 2.67. The van der Waals surface area contributed by atoms with E-state index in [1.165, 1.54) is 0 Å². The lowest BCUT2D eigenvalue weighted by molar-refractivity contribution is -0.115. The Kier molecular flexibility index (Phi) is 2.95. The van der Waals surface area contributed by atoms with E-state index in [9.17, 15) is 4.79 Å². The molecular weight excluding hydrogens is 200 g/mol. The van der Waals surface area contributed by atoms with Crippen molar-refractivity contribution in [3.63, 3.8) is 0 Å². The third-order valence-electron chi connectivity index (χ3n) is 2.67. The normalized spacial score (nSPS) is 20.4. The van der Waals surface area contributed by atoms with E-state index in [1.807, 2.05) is 24.3 Å². The molecule has 1 aliphatic rings. The average Bonchev–Trinajstić information content (AvgIpc) is 2.20. The second kappa shape index (κ2) is 4.39. The SMILES string of the molecule is C[C@H]1CC(=O)C=C(Nc2ccc(N)cc2)C1. The van der Waals surface area contributed by atoms with Gasteiger partial charge in [0, 0.05) is 29.6 Å². The molecule has 84 valence electrons. The molecule has 0 saturated carbocycles. The lowest BCUT2D eigenvalue weighted by Crippen LogP contribution is -2.15. The minimum absolute atomic E-state index is 0.205. The minimum Gasteiger partial charge on any atom is -0.399 e. The molecule has 0 unspecified atom stereocenters. The number of hydrogen-bond donors (Lipinski definition) is 2. The van der Waals surface area contributed by atoms with Crippen molar-refractivity contribution < 1.29 is 4.79 Å². The molecule has 0 aliphatic heterocycles. The fraction of sp³-hybridized carbons (Fsp3) is 0.308. The van der Waals surface area contributed by atoms with Crippen molar-refractivity contribution in [2.75, 3.05) is 11.1 Å². The Labute approximate surface area is 95.3 Å². The van der Waals surface area contributed by atoms with Gasteiger partial charge >= 0.3 is 0 Å². The predicted octanol–water partition coefficient (Wildman–Crippen LogP) is 2.56. The number of benzene rings is 1. The fourth-order valence-corrected chi connectivity index (χ4v) is 1.94. The summed E-state index contributed by atoms with van der Waals surface area (Å²) in [5.74, 6) is 0.630. The summed E-state index contributed by atoms with van der Waals surface area (Å²) in [6, 6.07) is 7.52. The van der Waals surface area contributed by atoms with E-state index in [0.29, 0.717) is 12.3 Å². The van der Waals surface area contributed by atoms with Crippen LogP contribution in [0, 0.1) is 5.92 Å². The molecule has 1 aromatic rings. The van der Waals surface area contributed by atoms with Gasteiger partial charge in [-0.2, -0.15) is 0 Å². The van der Waals surface area contributed by atoms with Gasteiger partial charge in [0.2, 0.25) is 0 Å². The smallest absolute Gasteiger partial charge is 0.157 e. The maximum absolute atomic E-state index is 11.4. The summed E-state index contributed by atoms with van der Waals surface area (Å²) in [5.41, 5.74) is 8.32. The maximum atomic E-state index is 11.4. The molecule has 0 radical (unpaired) electrons. The van der Waals surface area contributed by atoms with E-state index >= 15 is 0 Å². The standard InChI is InChI=1S/C13H16N2O/c1-9-6-12(8-13(16)7-9)15-11-4-2-10(14)3-5-11/h2-5,8-9,15H,6-7,14H2,1H3/t9-/m1/s1. The average molecular weight is 216 g/mol. The van der Waals surface area contributed by atoms with Gasteiger partial charge in [-0.25, -0.2) is 0 Å². The molecule has 16 heavy (non-hydrogen) atoms. The van der Waals surface area contributed by atoms with E-state index in [2.05, 4.69) is 12.2 Å². The second-order valence-corrected chi connectivity index (χ2v) is 4.40. The van der Waals surface area contributed by atoms with Crippen molar-refractivity contribution in [2.45, 2.75) is 19.8 Å². The first-order valence-electron chi connectivity index (χ1n) is 5.49. The summed E-state index contributed by atoms with van der Waals surface area (Å²) in [6.07, 6.45) is 3.29. The van der Waals surface area contributed by atoms with Crippen LogP contribution in [0.25, 0.3) is 0 Å². The van der Waals surface area contributed by atoms with Gasteiger partial charge in [0.1, 0.15) is 0 Å². The number of hydrogen-bond acceptors (Lipinski definition) is 3. The molecule has 0 saturated heterocycles. The highest BCUT2D eigenvalue weighted by Gasteiger charge is 2.16. The second-order valence-electron chi connectivity index (χ2n) is 4.40. The van der Waals surface area contributed by atoms with Crippen LogP contribution in [0.4, 0.5) is 11.4 Å². The minimum atomic E-state index is 0.205. The summed E-state index contributed by atoms with van der Waals surface area (Å²) in [7, 11) is 0. The van der Waals surface area contributed by atoms with Gasteiger partial charge in [-0.3, -0.25) is 4.79 Å². The van der Waals surface area contributed by atoms with E-state index in [-0.39, 0.29) is 5.78 Å². The zero-order valence-corrected chi connectivity index (χ0v) is 9.36. The Morgan fingerprint density at radius 1 is 1.25 bits per heavy atom. The summed E-state index contributed by atoms with van der Waals surface area (Å²) in [6.45, 7) is 2.09. The number of allylic oxidation sites excluding steroid dienone is 2. The van der Waals surface area contributed by atoms with Gasteiger partial charge in [-0.05, 0) is 36.6 Å². The predicted molar refractivity (Wildman–Crippen MR) is 66.0 cm³/mol. The number of nitrogens with one attached hydrogen (secondary N) is 1. The Hall–Kier alpha value is -1.77. The van der Waals surface area contributed by atoms with Crippen LogP contribution in [0.2, 0.25) is 0 Å². The fourth-order valence-electron chi connectivity index (χ4n) is 1.94. The first kappa shape index (κ1) is 10.7. The highest BCUT2D eigenvalue weighted by Crippen LogP contribution is 2.23. The van der Waals surface area contributed by atoms with Gasteiger partial charge in [0.25, 0.3) is 0 Å². The van der Waals surface area contributed by atoms with Crippen LogP contribution < -0.4 is 11.1 Å². The molecule has 2 rings (SSSR count). The van der Waals surface area contributed by atoms with Gasteiger partial charge in [0.05, 0.1) is 0 Å². The first-order chi connectivity index (χ1) is 7.63. The Morgan fingerprint density at radius 2 is 1.94 bits per heavy atom. The zero-order chi connectivity index (χ0) is 11.5. The molecule has 0 amide bonds. The van der Waals surface area contributed by atoms with Crippen molar-refractivity contribution in [3.8, 4) is 0 Å². The number of carbonyl (C=O) groups excluding carboxylic acids is 1. The molecule has 0 heterocycles. The molecule has 1 atom stereocenters. The Bertz CT molecular complexity index is 420. The van der Waals surface area contributed by atoms with E-state index in [0.717, 1.165) is 23.5 Å². The van der Waals surface area contributed by atoms with Crippen LogP contribution in [0.3, 0.4) is 0 Å². The van der Waals surface area contributed by atoms with Crippen LogP contribution in [0.5, 0.6) is 0 Å². The lowest BCUT2D eigenvalue weighted by atomic mass is 9.93. The molecule has 3 nitrogen and oxygen atoms in total. The van der Waals surface area contributed by atoms with E-state index < -0.39 is 0 Å².